The van der Waals surface area contributed by atoms with Crippen LogP contribution in [0.2, 0.25) is 0 Å². The fourth-order valence-electron chi connectivity index (χ4n) is 5.83. The summed E-state index contributed by atoms with van der Waals surface area (Å²) in [7, 11) is 0. The standard InChI is InChI=1S/C22H38N4O3/c27-18-6-7-22(15-18)16-20(28)26(21(29)17-22)10-4-3-9-24-11-13-25(14-12-24)19-5-1-2-8-23-19/h18-19,23,27H,1-17H2. The predicted octanol–water partition coefficient (Wildman–Crippen LogP) is 1.16. The van der Waals surface area contributed by atoms with Gasteiger partial charge in [0.05, 0.1) is 12.3 Å². The highest BCUT2D eigenvalue weighted by Crippen LogP contribution is 2.47. The van der Waals surface area contributed by atoms with Crippen molar-refractivity contribution in [2.24, 2.45) is 5.41 Å². The first kappa shape index (κ1) is 21.2. The molecular weight excluding hydrogens is 368 g/mol. The molecule has 2 atom stereocenters. The van der Waals surface area contributed by atoms with E-state index in [1.165, 1.54) is 24.2 Å². The molecule has 0 aromatic carbocycles. The summed E-state index contributed by atoms with van der Waals surface area (Å²) in [6, 6.07) is 0. The highest BCUT2D eigenvalue weighted by Gasteiger charge is 2.47. The van der Waals surface area contributed by atoms with Gasteiger partial charge in [0, 0.05) is 45.6 Å². The molecule has 3 aliphatic heterocycles. The van der Waals surface area contributed by atoms with Crippen molar-refractivity contribution < 1.29 is 14.7 Å². The first-order valence-corrected chi connectivity index (χ1v) is 11.8. The Bertz CT molecular complexity index is 567. The highest BCUT2D eigenvalue weighted by molar-refractivity contribution is 5.98. The van der Waals surface area contributed by atoms with Crippen molar-refractivity contribution in [2.75, 3.05) is 45.8 Å². The molecule has 1 saturated carbocycles. The van der Waals surface area contributed by atoms with Gasteiger partial charge in [0.25, 0.3) is 0 Å². The molecular formula is C22H38N4O3. The van der Waals surface area contributed by atoms with Crippen LogP contribution >= 0.6 is 0 Å². The van der Waals surface area contributed by atoms with Crippen LogP contribution in [-0.4, -0.2) is 89.7 Å². The number of carbonyl (C=O) groups excluding carboxylic acids is 2. The van der Waals surface area contributed by atoms with Crippen LogP contribution in [0.3, 0.4) is 0 Å². The van der Waals surface area contributed by atoms with E-state index in [1.54, 1.807) is 0 Å². The number of aliphatic hydroxyl groups is 1. The number of carbonyl (C=O) groups is 2. The second kappa shape index (κ2) is 9.41. The van der Waals surface area contributed by atoms with Crippen molar-refractivity contribution >= 4 is 11.8 Å². The highest BCUT2D eigenvalue weighted by atomic mass is 16.3. The largest absolute Gasteiger partial charge is 0.393 e. The van der Waals surface area contributed by atoms with E-state index in [-0.39, 0.29) is 23.3 Å². The lowest BCUT2D eigenvalue weighted by Crippen LogP contribution is -2.56. The van der Waals surface area contributed by atoms with Crippen LogP contribution < -0.4 is 5.32 Å². The number of imide groups is 1. The maximum atomic E-state index is 12.6. The Balaban J connectivity index is 1.13. The van der Waals surface area contributed by atoms with E-state index in [4.69, 9.17) is 0 Å². The molecule has 2 unspecified atom stereocenters. The summed E-state index contributed by atoms with van der Waals surface area (Å²) in [6.07, 6.45) is 9.10. The Kier molecular flexibility index (Phi) is 6.89. The number of likely N-dealkylation sites (tertiary alicyclic amines) is 1. The average molecular weight is 407 g/mol. The molecule has 2 amide bonds. The molecule has 0 radical (unpaired) electrons. The van der Waals surface area contributed by atoms with Gasteiger partial charge in [-0.15, -0.1) is 0 Å². The predicted molar refractivity (Wildman–Crippen MR) is 111 cm³/mol. The number of nitrogens with zero attached hydrogens (tertiary/aromatic N) is 3. The monoisotopic (exact) mass is 406 g/mol. The molecule has 0 aromatic rings. The van der Waals surface area contributed by atoms with Gasteiger partial charge in [0.1, 0.15) is 0 Å². The number of hydrogen-bond donors (Lipinski definition) is 2. The molecule has 7 nitrogen and oxygen atoms in total. The van der Waals surface area contributed by atoms with E-state index in [1.807, 2.05) is 0 Å². The second-order valence-electron chi connectivity index (χ2n) is 9.74. The number of piperidine rings is 2. The number of nitrogens with one attached hydrogen (secondary N) is 1. The van der Waals surface area contributed by atoms with Crippen molar-refractivity contribution in [2.45, 2.75) is 76.5 Å². The summed E-state index contributed by atoms with van der Waals surface area (Å²) in [4.78, 5) is 31.7. The zero-order valence-corrected chi connectivity index (χ0v) is 17.8. The van der Waals surface area contributed by atoms with Gasteiger partial charge in [-0.3, -0.25) is 19.4 Å². The first-order valence-electron chi connectivity index (χ1n) is 11.8. The van der Waals surface area contributed by atoms with Crippen LogP contribution in [0.4, 0.5) is 0 Å². The molecule has 0 aromatic heterocycles. The van der Waals surface area contributed by atoms with Crippen molar-refractivity contribution in [3.63, 3.8) is 0 Å². The summed E-state index contributed by atoms with van der Waals surface area (Å²) in [5.74, 6) is -0.0482. The summed E-state index contributed by atoms with van der Waals surface area (Å²) in [5.41, 5.74) is -0.253. The maximum absolute atomic E-state index is 12.6. The van der Waals surface area contributed by atoms with Crippen molar-refractivity contribution in [3.8, 4) is 0 Å². The van der Waals surface area contributed by atoms with E-state index in [2.05, 4.69) is 15.1 Å². The van der Waals surface area contributed by atoms with Gasteiger partial charge in [0.15, 0.2) is 0 Å². The zero-order valence-electron chi connectivity index (χ0n) is 17.8. The number of unbranched alkanes of at least 4 members (excludes halogenated alkanes) is 1. The van der Waals surface area contributed by atoms with Gasteiger partial charge in [-0.2, -0.15) is 0 Å². The zero-order chi connectivity index (χ0) is 20.3. The third-order valence-corrected chi connectivity index (χ3v) is 7.57. The molecule has 2 N–H and O–H groups in total. The van der Waals surface area contributed by atoms with Gasteiger partial charge < -0.3 is 15.3 Å². The van der Waals surface area contributed by atoms with Crippen molar-refractivity contribution in [1.82, 2.24) is 20.0 Å². The van der Waals surface area contributed by atoms with Crippen LogP contribution in [0.15, 0.2) is 0 Å². The normalized spacial score (nSPS) is 31.7. The second-order valence-corrected chi connectivity index (χ2v) is 9.74. The van der Waals surface area contributed by atoms with Gasteiger partial charge >= 0.3 is 0 Å². The molecule has 1 spiro atoms. The van der Waals surface area contributed by atoms with Gasteiger partial charge in [-0.1, -0.05) is 0 Å². The van der Waals surface area contributed by atoms with E-state index in [0.29, 0.717) is 32.0 Å². The van der Waals surface area contributed by atoms with Crippen LogP contribution in [0, 0.1) is 5.41 Å². The topological polar surface area (TPSA) is 76.1 Å². The fourth-order valence-corrected chi connectivity index (χ4v) is 5.83. The molecule has 4 rings (SSSR count). The number of aliphatic hydroxyl groups excluding tert-OH is 1. The number of rotatable bonds is 6. The molecule has 3 heterocycles. The van der Waals surface area contributed by atoms with Gasteiger partial charge in [-0.05, 0) is 69.9 Å². The SMILES string of the molecule is O=C1CC2(CCC(O)C2)CC(=O)N1CCCCN1CCN(C2CCCCN2)CC1. The minimum Gasteiger partial charge on any atom is -0.393 e. The number of piperazine rings is 1. The molecule has 3 saturated heterocycles. The third-order valence-electron chi connectivity index (χ3n) is 7.57. The van der Waals surface area contributed by atoms with Crippen LogP contribution in [0.25, 0.3) is 0 Å². The molecule has 29 heavy (non-hydrogen) atoms. The lowest BCUT2D eigenvalue weighted by atomic mass is 9.76. The molecule has 1 aliphatic carbocycles. The average Bonchev–Trinajstić information content (AvgIpc) is 3.07. The minimum absolute atomic E-state index is 0.0241. The molecule has 0 bridgehead atoms. The Hall–Kier alpha value is -1.02. The van der Waals surface area contributed by atoms with Crippen molar-refractivity contribution in [3.05, 3.63) is 0 Å². The Morgan fingerprint density at radius 1 is 0.966 bits per heavy atom. The van der Waals surface area contributed by atoms with Crippen LogP contribution in [0.1, 0.15) is 64.2 Å². The Morgan fingerprint density at radius 2 is 1.69 bits per heavy atom. The van der Waals surface area contributed by atoms with E-state index >= 15 is 0 Å². The smallest absolute Gasteiger partial charge is 0.229 e. The summed E-state index contributed by atoms with van der Waals surface area (Å²) >= 11 is 0. The summed E-state index contributed by atoms with van der Waals surface area (Å²) in [6.45, 7) is 7.26. The number of hydrogen-bond acceptors (Lipinski definition) is 6. The lowest BCUT2D eigenvalue weighted by Gasteiger charge is -2.41. The Labute approximate surface area is 174 Å². The molecule has 4 aliphatic rings. The Morgan fingerprint density at radius 3 is 2.31 bits per heavy atom. The van der Waals surface area contributed by atoms with E-state index in [9.17, 15) is 14.7 Å². The summed E-state index contributed by atoms with van der Waals surface area (Å²) < 4.78 is 0. The molecule has 164 valence electrons. The van der Waals surface area contributed by atoms with E-state index < -0.39 is 0 Å². The number of amides is 2. The van der Waals surface area contributed by atoms with Crippen LogP contribution in [-0.2, 0) is 9.59 Å². The van der Waals surface area contributed by atoms with Crippen molar-refractivity contribution in [1.29, 1.82) is 0 Å². The molecule has 7 heteroatoms. The first-order chi connectivity index (χ1) is 14.0. The van der Waals surface area contributed by atoms with Gasteiger partial charge in [-0.25, -0.2) is 0 Å². The molecule has 4 fully saturated rings. The van der Waals surface area contributed by atoms with Crippen LogP contribution in [0.5, 0.6) is 0 Å². The fraction of sp³-hybridized carbons (Fsp3) is 0.909. The van der Waals surface area contributed by atoms with E-state index in [0.717, 1.165) is 65.0 Å². The van der Waals surface area contributed by atoms with Gasteiger partial charge in [0.2, 0.25) is 11.8 Å². The summed E-state index contributed by atoms with van der Waals surface area (Å²) in [5, 5.41) is 13.5. The quantitative estimate of drug-likeness (QED) is 0.509. The third kappa shape index (κ3) is 5.19. The maximum Gasteiger partial charge on any atom is 0.229 e. The lowest BCUT2D eigenvalue weighted by molar-refractivity contribution is -0.153. The minimum atomic E-state index is -0.337.